The predicted octanol–water partition coefficient (Wildman–Crippen LogP) is 2.82. The number of ether oxygens (including phenoxy) is 2. The lowest BCUT2D eigenvalue weighted by molar-refractivity contribution is 0.0845. The van der Waals surface area contributed by atoms with E-state index >= 15 is 0 Å². The smallest absolute Gasteiger partial charge is 0.192 e. The highest BCUT2D eigenvalue weighted by atomic mass is 16.5. The zero-order valence-corrected chi connectivity index (χ0v) is 11.2. The van der Waals surface area contributed by atoms with E-state index in [2.05, 4.69) is 20.8 Å². The molecule has 3 nitrogen and oxygen atoms in total. The van der Waals surface area contributed by atoms with Crippen LogP contribution in [-0.4, -0.2) is 26.6 Å². The van der Waals surface area contributed by atoms with Crippen molar-refractivity contribution in [2.45, 2.75) is 26.2 Å². The van der Waals surface area contributed by atoms with Crippen LogP contribution in [0.3, 0.4) is 0 Å². The Morgan fingerprint density at radius 2 is 1.88 bits per heavy atom. The molecule has 0 aliphatic rings. The number of Topliss-reactive ketones (excluding diaryl/α,β-unsaturated/α-hetero) is 1. The molecule has 0 aliphatic carbocycles. The predicted molar refractivity (Wildman–Crippen MR) is 67.9 cm³/mol. The molecule has 1 rings (SSSR count). The molecule has 0 amide bonds. The lowest BCUT2D eigenvalue weighted by Gasteiger charge is -2.20. The van der Waals surface area contributed by atoms with Gasteiger partial charge in [-0.3, -0.25) is 4.79 Å². The van der Waals surface area contributed by atoms with Gasteiger partial charge in [-0.2, -0.15) is 0 Å². The van der Waals surface area contributed by atoms with Crippen LogP contribution in [-0.2, 0) is 10.2 Å². The van der Waals surface area contributed by atoms with Gasteiger partial charge in [-0.25, -0.2) is 0 Å². The van der Waals surface area contributed by atoms with Crippen LogP contribution in [0.15, 0.2) is 18.2 Å². The summed E-state index contributed by atoms with van der Waals surface area (Å²) < 4.78 is 10.1. The van der Waals surface area contributed by atoms with Crippen LogP contribution in [0.5, 0.6) is 5.75 Å². The molecule has 0 saturated heterocycles. The van der Waals surface area contributed by atoms with E-state index in [1.807, 2.05) is 12.1 Å². The average molecular weight is 236 g/mol. The Balaban J connectivity index is 3.14. The topological polar surface area (TPSA) is 35.5 Å². The fraction of sp³-hybridized carbons (Fsp3) is 0.500. The van der Waals surface area contributed by atoms with Gasteiger partial charge in [-0.1, -0.05) is 26.8 Å². The summed E-state index contributed by atoms with van der Waals surface area (Å²) in [6.07, 6.45) is 0. The zero-order chi connectivity index (χ0) is 13.1. The first-order valence-electron chi connectivity index (χ1n) is 5.61. The van der Waals surface area contributed by atoms with Gasteiger partial charge >= 0.3 is 0 Å². The van der Waals surface area contributed by atoms with Gasteiger partial charge in [0, 0.05) is 7.11 Å². The minimum absolute atomic E-state index is 0.0378. The summed E-state index contributed by atoms with van der Waals surface area (Å²) in [6.45, 7) is 6.44. The van der Waals surface area contributed by atoms with Crippen LogP contribution in [0, 0.1) is 0 Å². The van der Waals surface area contributed by atoms with E-state index in [1.165, 1.54) is 7.11 Å². The third kappa shape index (κ3) is 3.30. The van der Waals surface area contributed by atoms with E-state index in [0.717, 1.165) is 5.56 Å². The molecule has 0 radical (unpaired) electrons. The molecule has 17 heavy (non-hydrogen) atoms. The maximum absolute atomic E-state index is 11.8. The molecular formula is C14H20O3. The molecule has 0 N–H and O–H groups in total. The third-order valence-corrected chi connectivity index (χ3v) is 2.64. The van der Waals surface area contributed by atoms with E-state index in [-0.39, 0.29) is 17.8 Å². The standard InChI is InChI=1S/C14H20O3/c1-14(2,3)10-6-7-11(12(15)9-16-4)13(8-10)17-5/h6-8H,9H2,1-5H3. The van der Waals surface area contributed by atoms with Gasteiger partial charge in [-0.15, -0.1) is 0 Å². The molecule has 0 aromatic heterocycles. The Morgan fingerprint density at radius 3 is 2.35 bits per heavy atom. The highest BCUT2D eigenvalue weighted by molar-refractivity contribution is 5.99. The van der Waals surface area contributed by atoms with Crippen molar-refractivity contribution in [2.75, 3.05) is 20.8 Å². The fourth-order valence-electron chi connectivity index (χ4n) is 1.60. The molecule has 0 saturated carbocycles. The van der Waals surface area contributed by atoms with E-state index in [4.69, 9.17) is 9.47 Å². The number of methoxy groups -OCH3 is 2. The van der Waals surface area contributed by atoms with E-state index in [0.29, 0.717) is 11.3 Å². The van der Waals surface area contributed by atoms with Crippen LogP contribution in [0.2, 0.25) is 0 Å². The molecule has 0 atom stereocenters. The maximum Gasteiger partial charge on any atom is 0.192 e. The van der Waals surface area contributed by atoms with Crippen molar-refractivity contribution >= 4 is 5.78 Å². The van der Waals surface area contributed by atoms with Gasteiger partial charge in [0.25, 0.3) is 0 Å². The number of rotatable bonds is 4. The van der Waals surface area contributed by atoms with Crippen LogP contribution >= 0.6 is 0 Å². The number of benzene rings is 1. The number of carbonyl (C=O) groups is 1. The van der Waals surface area contributed by atoms with Crippen molar-refractivity contribution in [1.29, 1.82) is 0 Å². The van der Waals surface area contributed by atoms with Gasteiger partial charge in [0.05, 0.1) is 12.7 Å². The number of hydrogen-bond acceptors (Lipinski definition) is 3. The second kappa shape index (κ2) is 5.32. The Hall–Kier alpha value is -1.35. The monoisotopic (exact) mass is 236 g/mol. The first kappa shape index (κ1) is 13.7. The van der Waals surface area contributed by atoms with Crippen LogP contribution in [0.4, 0.5) is 0 Å². The fourth-order valence-corrected chi connectivity index (χ4v) is 1.60. The van der Waals surface area contributed by atoms with Crippen LogP contribution < -0.4 is 4.74 Å². The van der Waals surface area contributed by atoms with Crippen molar-refractivity contribution in [2.24, 2.45) is 0 Å². The first-order valence-corrected chi connectivity index (χ1v) is 5.61. The summed E-state index contributed by atoms with van der Waals surface area (Å²) in [5.74, 6) is 0.546. The average Bonchev–Trinajstić information content (AvgIpc) is 2.27. The Bertz CT molecular complexity index is 402. The molecule has 0 fully saturated rings. The van der Waals surface area contributed by atoms with Gasteiger partial charge in [0.1, 0.15) is 12.4 Å². The molecule has 3 heteroatoms. The highest BCUT2D eigenvalue weighted by Gasteiger charge is 2.18. The molecule has 0 bridgehead atoms. The molecule has 0 spiro atoms. The molecule has 0 heterocycles. The van der Waals surface area contributed by atoms with Crippen molar-refractivity contribution in [3.63, 3.8) is 0 Å². The van der Waals surface area contributed by atoms with Crippen molar-refractivity contribution in [3.05, 3.63) is 29.3 Å². The molecular weight excluding hydrogens is 216 g/mol. The minimum Gasteiger partial charge on any atom is -0.496 e. The summed E-state index contributed by atoms with van der Waals surface area (Å²) in [7, 11) is 3.08. The van der Waals surface area contributed by atoms with Crippen molar-refractivity contribution < 1.29 is 14.3 Å². The van der Waals surface area contributed by atoms with Crippen molar-refractivity contribution in [3.8, 4) is 5.75 Å². The summed E-state index contributed by atoms with van der Waals surface area (Å²) in [5.41, 5.74) is 1.75. The molecule has 0 aliphatic heterocycles. The second-order valence-electron chi connectivity index (χ2n) is 5.02. The van der Waals surface area contributed by atoms with Gasteiger partial charge in [-0.05, 0) is 23.1 Å². The van der Waals surface area contributed by atoms with Gasteiger partial charge in [0.15, 0.2) is 5.78 Å². The quantitative estimate of drug-likeness (QED) is 0.754. The summed E-state index contributed by atoms with van der Waals surface area (Å²) in [4.78, 5) is 11.8. The minimum atomic E-state index is -0.0650. The Morgan fingerprint density at radius 1 is 1.24 bits per heavy atom. The molecule has 1 aromatic rings. The summed E-state index contributed by atoms with van der Waals surface area (Å²) in [6, 6.07) is 5.69. The Labute approximate surface area is 103 Å². The Kier molecular flexibility index (Phi) is 4.29. The lowest BCUT2D eigenvalue weighted by atomic mass is 9.86. The molecule has 94 valence electrons. The molecule has 0 unspecified atom stereocenters. The number of carbonyl (C=O) groups excluding carboxylic acids is 1. The van der Waals surface area contributed by atoms with E-state index in [1.54, 1.807) is 13.2 Å². The van der Waals surface area contributed by atoms with Crippen molar-refractivity contribution in [1.82, 2.24) is 0 Å². The van der Waals surface area contributed by atoms with Gasteiger partial charge < -0.3 is 9.47 Å². The largest absolute Gasteiger partial charge is 0.496 e. The van der Waals surface area contributed by atoms with Gasteiger partial charge in [0.2, 0.25) is 0 Å². The normalized spacial score (nSPS) is 11.4. The third-order valence-electron chi connectivity index (χ3n) is 2.64. The SMILES string of the molecule is COCC(=O)c1ccc(C(C)(C)C)cc1OC. The summed E-state index contributed by atoms with van der Waals surface area (Å²) in [5, 5.41) is 0. The second-order valence-corrected chi connectivity index (χ2v) is 5.02. The zero-order valence-electron chi connectivity index (χ0n) is 11.2. The summed E-state index contributed by atoms with van der Waals surface area (Å²) >= 11 is 0. The lowest BCUT2D eigenvalue weighted by Crippen LogP contribution is -2.13. The van der Waals surface area contributed by atoms with E-state index < -0.39 is 0 Å². The number of ketones is 1. The van der Waals surface area contributed by atoms with E-state index in [9.17, 15) is 4.79 Å². The molecule has 1 aromatic carbocycles. The highest BCUT2D eigenvalue weighted by Crippen LogP contribution is 2.28. The first-order chi connectivity index (χ1) is 7.90. The number of hydrogen-bond donors (Lipinski definition) is 0. The maximum atomic E-state index is 11.8. The van der Waals surface area contributed by atoms with Crippen LogP contribution in [0.25, 0.3) is 0 Å². The van der Waals surface area contributed by atoms with Crippen LogP contribution in [0.1, 0.15) is 36.7 Å².